The number of nitrogens with one attached hydrogen (secondary N) is 1. The van der Waals surface area contributed by atoms with Crippen molar-refractivity contribution in [1.82, 2.24) is 14.5 Å². The van der Waals surface area contributed by atoms with Crippen LogP contribution in [0.1, 0.15) is 17.8 Å². The molecule has 1 aromatic rings. The van der Waals surface area contributed by atoms with Crippen molar-refractivity contribution in [3.63, 3.8) is 0 Å². The minimum absolute atomic E-state index is 0.142. The lowest BCUT2D eigenvalue weighted by Gasteiger charge is -2.13. The highest BCUT2D eigenvalue weighted by atomic mass is 32.2. The van der Waals surface area contributed by atoms with Crippen LogP contribution in [0.2, 0.25) is 0 Å². The minimum Gasteiger partial charge on any atom is -0.481 e. The molecular weight excluding hydrogens is 290 g/mol. The molecule has 10 heteroatoms. The molecule has 112 valence electrons. The first-order chi connectivity index (χ1) is 9.06. The molecule has 1 rings (SSSR count). The standard InChI is InChI=1S/C10H15N3O6S/c1-5-9(6(2)13(3)11-5)20(18,19)12-7(10(16)17)4-8(14)15/h7,12H,4H2,1-3H3,(H,14,15)(H,16,17)/t7-/m0/s1. The smallest absolute Gasteiger partial charge is 0.322 e. The Morgan fingerprint density at radius 2 is 1.90 bits per heavy atom. The molecule has 0 saturated carbocycles. The molecule has 3 N–H and O–H groups in total. The largest absolute Gasteiger partial charge is 0.481 e. The van der Waals surface area contributed by atoms with Gasteiger partial charge in [0.15, 0.2) is 0 Å². The van der Waals surface area contributed by atoms with E-state index in [2.05, 4.69) is 5.10 Å². The van der Waals surface area contributed by atoms with Crippen molar-refractivity contribution in [3.05, 3.63) is 11.4 Å². The number of aryl methyl sites for hydroxylation is 2. The van der Waals surface area contributed by atoms with Crippen LogP contribution in [-0.4, -0.2) is 46.4 Å². The maximum absolute atomic E-state index is 12.2. The van der Waals surface area contributed by atoms with E-state index in [0.717, 1.165) is 0 Å². The second kappa shape index (κ2) is 5.59. The number of hydrogen-bond acceptors (Lipinski definition) is 5. The summed E-state index contributed by atoms with van der Waals surface area (Å²) in [6.07, 6.45) is -0.854. The summed E-state index contributed by atoms with van der Waals surface area (Å²) < 4.78 is 27.5. The van der Waals surface area contributed by atoms with Crippen molar-refractivity contribution in [2.24, 2.45) is 7.05 Å². The van der Waals surface area contributed by atoms with Gasteiger partial charge in [-0.1, -0.05) is 0 Å². The summed E-state index contributed by atoms with van der Waals surface area (Å²) in [4.78, 5) is 21.3. The summed E-state index contributed by atoms with van der Waals surface area (Å²) in [5.74, 6) is -2.98. The third-order valence-corrected chi connectivity index (χ3v) is 4.41. The molecular formula is C10H15N3O6S. The number of aromatic nitrogens is 2. The Kier molecular flexibility index (Phi) is 4.50. The summed E-state index contributed by atoms with van der Waals surface area (Å²) in [5, 5.41) is 21.4. The summed E-state index contributed by atoms with van der Waals surface area (Å²) in [6, 6.07) is -1.74. The van der Waals surface area contributed by atoms with Gasteiger partial charge in [0.25, 0.3) is 0 Å². The third kappa shape index (κ3) is 3.33. The number of aliphatic carboxylic acids is 2. The highest BCUT2D eigenvalue weighted by molar-refractivity contribution is 7.89. The molecule has 0 unspecified atom stereocenters. The molecule has 0 radical (unpaired) electrons. The third-order valence-electron chi connectivity index (χ3n) is 2.69. The van der Waals surface area contributed by atoms with Gasteiger partial charge >= 0.3 is 11.9 Å². The lowest BCUT2D eigenvalue weighted by atomic mass is 10.2. The summed E-state index contributed by atoms with van der Waals surface area (Å²) in [5.41, 5.74) is 0.534. The van der Waals surface area contributed by atoms with Crippen LogP contribution in [-0.2, 0) is 26.7 Å². The number of nitrogens with zero attached hydrogens (tertiary/aromatic N) is 2. The Morgan fingerprint density at radius 1 is 1.35 bits per heavy atom. The first-order valence-electron chi connectivity index (χ1n) is 5.53. The van der Waals surface area contributed by atoms with E-state index < -0.39 is 34.4 Å². The van der Waals surface area contributed by atoms with Crippen molar-refractivity contribution >= 4 is 22.0 Å². The van der Waals surface area contributed by atoms with Crippen LogP contribution in [0.15, 0.2) is 4.90 Å². The number of rotatable bonds is 6. The molecule has 9 nitrogen and oxygen atoms in total. The lowest BCUT2D eigenvalue weighted by molar-refractivity contribution is -0.145. The average Bonchev–Trinajstić information content (AvgIpc) is 2.51. The Labute approximate surface area is 115 Å². The topological polar surface area (TPSA) is 139 Å². The molecule has 0 amide bonds. The Morgan fingerprint density at radius 3 is 2.25 bits per heavy atom. The molecule has 20 heavy (non-hydrogen) atoms. The fourth-order valence-corrected chi connectivity index (χ4v) is 3.37. The van der Waals surface area contributed by atoms with Crippen LogP contribution in [0.3, 0.4) is 0 Å². The summed E-state index contributed by atoms with van der Waals surface area (Å²) in [7, 11) is -2.62. The highest BCUT2D eigenvalue weighted by Gasteiger charge is 2.31. The van der Waals surface area contributed by atoms with Gasteiger partial charge in [-0.25, -0.2) is 8.42 Å². The maximum Gasteiger partial charge on any atom is 0.322 e. The fourth-order valence-electron chi connectivity index (χ4n) is 1.74. The maximum atomic E-state index is 12.2. The molecule has 0 aromatic carbocycles. The predicted molar refractivity (Wildman–Crippen MR) is 66.7 cm³/mol. The number of carboxylic acids is 2. The minimum atomic E-state index is -4.17. The van der Waals surface area contributed by atoms with E-state index in [-0.39, 0.29) is 10.6 Å². The van der Waals surface area contributed by atoms with Gasteiger partial charge in [0.2, 0.25) is 10.0 Å². The van der Waals surface area contributed by atoms with Gasteiger partial charge in [-0.3, -0.25) is 14.3 Å². The molecule has 1 atom stereocenters. The second-order valence-electron chi connectivity index (χ2n) is 4.23. The molecule has 1 aromatic heterocycles. The van der Waals surface area contributed by atoms with Gasteiger partial charge in [0, 0.05) is 7.05 Å². The lowest BCUT2D eigenvalue weighted by Crippen LogP contribution is -2.42. The Hall–Kier alpha value is -1.94. The van der Waals surface area contributed by atoms with Gasteiger partial charge in [0.05, 0.1) is 17.8 Å². The quantitative estimate of drug-likeness (QED) is 0.628. The van der Waals surface area contributed by atoms with E-state index in [1.807, 2.05) is 4.72 Å². The van der Waals surface area contributed by atoms with E-state index in [1.165, 1.54) is 18.5 Å². The van der Waals surface area contributed by atoms with Crippen LogP contribution >= 0.6 is 0 Å². The van der Waals surface area contributed by atoms with Crippen LogP contribution in [0, 0.1) is 13.8 Å². The molecule has 0 aliphatic heterocycles. The van der Waals surface area contributed by atoms with Gasteiger partial charge < -0.3 is 10.2 Å². The second-order valence-corrected chi connectivity index (χ2v) is 5.88. The zero-order chi connectivity index (χ0) is 15.7. The monoisotopic (exact) mass is 305 g/mol. The van der Waals surface area contributed by atoms with Gasteiger partial charge in [0.1, 0.15) is 10.9 Å². The molecule has 0 spiro atoms. The van der Waals surface area contributed by atoms with E-state index in [4.69, 9.17) is 10.2 Å². The molecule has 0 aliphatic rings. The van der Waals surface area contributed by atoms with E-state index in [9.17, 15) is 18.0 Å². The van der Waals surface area contributed by atoms with Crippen LogP contribution in [0.25, 0.3) is 0 Å². The number of carbonyl (C=O) groups is 2. The zero-order valence-corrected chi connectivity index (χ0v) is 11.9. The van der Waals surface area contributed by atoms with Crippen LogP contribution in [0.5, 0.6) is 0 Å². The zero-order valence-electron chi connectivity index (χ0n) is 11.1. The summed E-state index contributed by atoms with van der Waals surface area (Å²) in [6.45, 7) is 2.98. The van der Waals surface area contributed by atoms with Gasteiger partial charge in [-0.05, 0) is 13.8 Å². The Balaban J connectivity index is 3.16. The van der Waals surface area contributed by atoms with Gasteiger partial charge in [-0.15, -0.1) is 0 Å². The average molecular weight is 305 g/mol. The number of carboxylic acid groups (broad SMARTS) is 2. The molecule has 1 heterocycles. The van der Waals surface area contributed by atoms with Crippen molar-refractivity contribution < 1.29 is 28.2 Å². The molecule has 0 fully saturated rings. The van der Waals surface area contributed by atoms with E-state index in [0.29, 0.717) is 5.69 Å². The first kappa shape index (κ1) is 16.1. The van der Waals surface area contributed by atoms with Crippen molar-refractivity contribution in [2.75, 3.05) is 0 Å². The molecule has 0 saturated heterocycles. The SMILES string of the molecule is Cc1nn(C)c(C)c1S(=O)(=O)N[C@@H](CC(=O)O)C(=O)O. The number of hydrogen-bond donors (Lipinski definition) is 3. The highest BCUT2D eigenvalue weighted by Crippen LogP contribution is 2.19. The van der Waals surface area contributed by atoms with E-state index >= 15 is 0 Å². The summed E-state index contributed by atoms with van der Waals surface area (Å²) >= 11 is 0. The van der Waals surface area contributed by atoms with Gasteiger partial charge in [-0.2, -0.15) is 9.82 Å². The van der Waals surface area contributed by atoms with Crippen molar-refractivity contribution in [2.45, 2.75) is 31.2 Å². The van der Waals surface area contributed by atoms with E-state index in [1.54, 1.807) is 7.05 Å². The molecule has 0 bridgehead atoms. The Bertz CT molecular complexity index is 648. The predicted octanol–water partition coefficient (Wildman–Crippen LogP) is -0.757. The molecule has 0 aliphatic carbocycles. The van der Waals surface area contributed by atoms with Crippen molar-refractivity contribution in [1.29, 1.82) is 0 Å². The number of sulfonamides is 1. The van der Waals surface area contributed by atoms with Crippen molar-refractivity contribution in [3.8, 4) is 0 Å². The van der Waals surface area contributed by atoms with Crippen LogP contribution in [0.4, 0.5) is 0 Å². The first-order valence-corrected chi connectivity index (χ1v) is 7.01. The normalized spacial score (nSPS) is 13.2. The van der Waals surface area contributed by atoms with Crippen LogP contribution < -0.4 is 4.72 Å². The fraction of sp³-hybridized carbons (Fsp3) is 0.500.